The Morgan fingerprint density at radius 1 is 1.10 bits per heavy atom. The highest BCUT2D eigenvalue weighted by Gasteiger charge is 2.35. The van der Waals surface area contributed by atoms with Crippen LogP contribution in [0.5, 0.6) is 5.75 Å². The Kier molecular flexibility index (Phi) is 8.00. The van der Waals surface area contributed by atoms with E-state index in [-0.39, 0.29) is 11.0 Å². The molecular formula is C24H40N4O2. The molecule has 3 rings (SSSR count). The van der Waals surface area contributed by atoms with Crippen LogP contribution in [0.25, 0.3) is 0 Å². The van der Waals surface area contributed by atoms with Crippen LogP contribution in [0.2, 0.25) is 0 Å². The van der Waals surface area contributed by atoms with Crippen LogP contribution in [0.15, 0.2) is 29.3 Å². The van der Waals surface area contributed by atoms with Crippen molar-refractivity contribution >= 4 is 5.96 Å². The first kappa shape index (κ1) is 22.9. The van der Waals surface area contributed by atoms with Gasteiger partial charge >= 0.3 is 0 Å². The Hall–Kier alpha value is -1.79. The van der Waals surface area contributed by atoms with Gasteiger partial charge in [0.2, 0.25) is 0 Å². The summed E-state index contributed by atoms with van der Waals surface area (Å²) >= 11 is 0. The van der Waals surface area contributed by atoms with Crippen molar-refractivity contribution in [2.45, 2.75) is 56.9 Å². The van der Waals surface area contributed by atoms with Gasteiger partial charge in [-0.1, -0.05) is 18.6 Å². The molecule has 30 heavy (non-hydrogen) atoms. The average Bonchev–Trinajstić information content (AvgIpc) is 2.80. The number of nitrogens with zero attached hydrogens (tertiary/aromatic N) is 2. The zero-order valence-electron chi connectivity index (χ0n) is 19.3. The van der Waals surface area contributed by atoms with Crippen molar-refractivity contribution in [2.24, 2.45) is 4.99 Å². The highest BCUT2D eigenvalue weighted by atomic mass is 16.5. The van der Waals surface area contributed by atoms with Gasteiger partial charge < -0.3 is 20.1 Å². The fourth-order valence-electron chi connectivity index (χ4n) is 4.66. The van der Waals surface area contributed by atoms with Crippen molar-refractivity contribution in [1.82, 2.24) is 15.5 Å². The minimum Gasteiger partial charge on any atom is -0.497 e. The summed E-state index contributed by atoms with van der Waals surface area (Å²) in [5.74, 6) is 1.77. The van der Waals surface area contributed by atoms with Crippen LogP contribution in [0.1, 0.15) is 51.5 Å². The molecule has 2 heterocycles. The van der Waals surface area contributed by atoms with E-state index in [2.05, 4.69) is 58.6 Å². The van der Waals surface area contributed by atoms with Gasteiger partial charge in [0.15, 0.2) is 5.96 Å². The molecule has 0 radical (unpaired) electrons. The van der Waals surface area contributed by atoms with Crippen LogP contribution < -0.4 is 15.4 Å². The molecule has 0 aromatic heterocycles. The fourth-order valence-corrected chi connectivity index (χ4v) is 4.66. The number of likely N-dealkylation sites (tertiary alicyclic amines) is 1. The molecule has 2 fully saturated rings. The molecule has 6 heteroatoms. The minimum atomic E-state index is 0.0462. The van der Waals surface area contributed by atoms with Crippen LogP contribution in [0.3, 0.4) is 0 Å². The minimum absolute atomic E-state index is 0.0462. The van der Waals surface area contributed by atoms with Crippen LogP contribution in [-0.4, -0.2) is 69.9 Å². The summed E-state index contributed by atoms with van der Waals surface area (Å²) in [6.07, 6.45) is 5.98. The van der Waals surface area contributed by atoms with Crippen molar-refractivity contribution in [3.8, 4) is 5.75 Å². The van der Waals surface area contributed by atoms with Gasteiger partial charge in [0.05, 0.1) is 7.11 Å². The first-order valence-electron chi connectivity index (χ1n) is 11.4. The van der Waals surface area contributed by atoms with E-state index in [0.717, 1.165) is 50.9 Å². The third-order valence-corrected chi connectivity index (χ3v) is 6.87. The van der Waals surface area contributed by atoms with E-state index in [1.54, 1.807) is 7.11 Å². The molecule has 0 amide bonds. The third-order valence-electron chi connectivity index (χ3n) is 6.87. The lowest BCUT2D eigenvalue weighted by Crippen LogP contribution is -2.56. The molecule has 0 unspecified atom stereocenters. The van der Waals surface area contributed by atoms with Gasteiger partial charge in [-0.2, -0.15) is 0 Å². The first-order chi connectivity index (χ1) is 14.5. The number of benzene rings is 1. The number of hydrogen-bond donors (Lipinski definition) is 2. The lowest BCUT2D eigenvalue weighted by atomic mass is 9.74. The fraction of sp³-hybridized carbons (Fsp3) is 0.708. The number of nitrogens with one attached hydrogen (secondary N) is 2. The molecule has 0 saturated carbocycles. The van der Waals surface area contributed by atoms with Gasteiger partial charge in [0, 0.05) is 44.3 Å². The molecular weight excluding hydrogens is 376 g/mol. The zero-order chi connectivity index (χ0) is 21.5. The van der Waals surface area contributed by atoms with Gasteiger partial charge in [-0.15, -0.1) is 0 Å². The maximum Gasteiger partial charge on any atom is 0.191 e. The predicted octanol–water partition coefficient (Wildman–Crippen LogP) is 3.17. The zero-order valence-corrected chi connectivity index (χ0v) is 19.3. The summed E-state index contributed by atoms with van der Waals surface area (Å²) in [7, 11) is 3.56. The van der Waals surface area contributed by atoms with Crippen LogP contribution in [0.4, 0.5) is 0 Å². The van der Waals surface area contributed by atoms with E-state index >= 15 is 0 Å². The molecule has 2 N–H and O–H groups in total. The Labute approximate surface area is 182 Å². The molecule has 0 atom stereocenters. The maximum atomic E-state index is 5.68. The van der Waals surface area contributed by atoms with Crippen molar-refractivity contribution in [3.63, 3.8) is 0 Å². The van der Waals surface area contributed by atoms with E-state index in [4.69, 9.17) is 9.47 Å². The molecule has 0 bridgehead atoms. The lowest BCUT2D eigenvalue weighted by molar-refractivity contribution is 0.0513. The molecule has 1 aromatic rings. The Balaban J connectivity index is 1.61. The number of aliphatic imine (C=N–C) groups is 1. The summed E-state index contributed by atoms with van der Waals surface area (Å²) in [6.45, 7) is 10.4. The Morgan fingerprint density at radius 3 is 2.37 bits per heavy atom. The van der Waals surface area contributed by atoms with E-state index in [0.29, 0.717) is 0 Å². The number of methoxy groups -OCH3 is 1. The summed E-state index contributed by atoms with van der Waals surface area (Å²) in [4.78, 5) is 7.10. The first-order valence-corrected chi connectivity index (χ1v) is 11.4. The monoisotopic (exact) mass is 416 g/mol. The molecule has 2 aliphatic rings. The lowest BCUT2D eigenvalue weighted by Gasteiger charge is -2.41. The molecule has 168 valence electrons. The smallest absolute Gasteiger partial charge is 0.191 e. The van der Waals surface area contributed by atoms with Gasteiger partial charge in [-0.05, 0) is 70.3 Å². The predicted molar refractivity (Wildman–Crippen MR) is 124 cm³/mol. The number of hydrogen-bond acceptors (Lipinski definition) is 4. The maximum absolute atomic E-state index is 5.68. The van der Waals surface area contributed by atoms with E-state index in [1.165, 1.54) is 37.9 Å². The SMILES string of the molecule is CN=C(NCC1(c2ccc(OC)cc2)CCOCC1)NCC(C)(C)N1CCCCC1. The van der Waals surface area contributed by atoms with E-state index in [9.17, 15) is 0 Å². The van der Waals surface area contributed by atoms with Crippen LogP contribution >= 0.6 is 0 Å². The second-order valence-corrected chi connectivity index (χ2v) is 9.26. The largest absolute Gasteiger partial charge is 0.497 e. The van der Waals surface area contributed by atoms with Gasteiger partial charge in [0.25, 0.3) is 0 Å². The second-order valence-electron chi connectivity index (χ2n) is 9.26. The summed E-state index contributed by atoms with van der Waals surface area (Å²) in [5.41, 5.74) is 1.50. The van der Waals surface area contributed by atoms with E-state index in [1.807, 2.05) is 7.05 Å². The van der Waals surface area contributed by atoms with Crippen molar-refractivity contribution in [3.05, 3.63) is 29.8 Å². The normalized spacial score (nSPS) is 20.6. The topological polar surface area (TPSA) is 58.1 Å². The number of piperidine rings is 1. The van der Waals surface area contributed by atoms with Crippen molar-refractivity contribution < 1.29 is 9.47 Å². The highest BCUT2D eigenvalue weighted by Crippen LogP contribution is 2.35. The summed E-state index contributed by atoms with van der Waals surface area (Å²) < 4.78 is 11.0. The van der Waals surface area contributed by atoms with Gasteiger partial charge in [0.1, 0.15) is 5.75 Å². The number of rotatable bonds is 7. The third kappa shape index (κ3) is 5.67. The molecule has 0 spiro atoms. The quantitative estimate of drug-likeness (QED) is 0.528. The van der Waals surface area contributed by atoms with Crippen LogP contribution in [-0.2, 0) is 10.2 Å². The van der Waals surface area contributed by atoms with E-state index < -0.39 is 0 Å². The van der Waals surface area contributed by atoms with Crippen molar-refractivity contribution in [1.29, 1.82) is 0 Å². The average molecular weight is 417 g/mol. The summed E-state index contributed by atoms with van der Waals surface area (Å²) in [6, 6.07) is 8.50. The highest BCUT2D eigenvalue weighted by molar-refractivity contribution is 5.79. The molecule has 2 saturated heterocycles. The number of ether oxygens (including phenoxy) is 2. The van der Waals surface area contributed by atoms with Crippen molar-refractivity contribution in [2.75, 3.05) is 53.6 Å². The molecule has 1 aromatic carbocycles. The summed E-state index contributed by atoms with van der Waals surface area (Å²) in [5, 5.41) is 7.20. The Morgan fingerprint density at radius 2 is 1.77 bits per heavy atom. The molecule has 6 nitrogen and oxygen atoms in total. The Bertz CT molecular complexity index is 675. The standard InChI is InChI=1S/C24H40N4O2/c1-23(2,28-14-6-5-7-15-28)18-26-22(25-3)27-19-24(12-16-30-17-13-24)20-8-10-21(29-4)11-9-20/h8-11H,5-7,12-19H2,1-4H3,(H2,25,26,27). The molecule has 0 aliphatic carbocycles. The van der Waals surface area contributed by atoms with Gasteiger partial charge in [-0.25, -0.2) is 0 Å². The second kappa shape index (κ2) is 10.5. The number of guanidine groups is 1. The molecule has 2 aliphatic heterocycles. The van der Waals surface area contributed by atoms with Gasteiger partial charge in [-0.3, -0.25) is 9.89 Å². The van der Waals surface area contributed by atoms with Crippen LogP contribution in [0, 0.1) is 0 Å².